The molecule has 9 heteroatoms. The minimum Gasteiger partial charge on any atom is -0.503 e. The Bertz CT molecular complexity index is 998. The summed E-state index contributed by atoms with van der Waals surface area (Å²) in [6, 6.07) is 6.35. The number of hydrogen-bond acceptors (Lipinski definition) is 6. The van der Waals surface area contributed by atoms with E-state index in [4.69, 9.17) is 4.74 Å². The molecule has 0 aliphatic carbocycles. The van der Waals surface area contributed by atoms with Gasteiger partial charge < -0.3 is 24.7 Å². The van der Waals surface area contributed by atoms with Gasteiger partial charge in [0.15, 0.2) is 5.76 Å². The highest BCUT2D eigenvalue weighted by Crippen LogP contribution is 2.43. The third-order valence-corrected chi connectivity index (χ3v) is 7.26. The molecule has 1 atom stereocenters. The average Bonchev–Trinajstić information content (AvgIpc) is 3.47. The molecule has 1 aromatic carbocycles. The quantitative estimate of drug-likeness (QED) is 0.294. The van der Waals surface area contributed by atoms with E-state index in [9.17, 15) is 24.2 Å². The van der Waals surface area contributed by atoms with Gasteiger partial charge in [-0.1, -0.05) is 44.9 Å². The maximum Gasteiger partial charge on any atom is 0.294 e. The molecule has 2 N–H and O–H groups in total. The summed E-state index contributed by atoms with van der Waals surface area (Å²) in [4.78, 5) is 32.9. The predicted octanol–water partition coefficient (Wildman–Crippen LogP) is 4.11. The van der Waals surface area contributed by atoms with Gasteiger partial charge in [0, 0.05) is 26.2 Å². The average molecular weight is 532 g/mol. The Kier molecular flexibility index (Phi) is 10.9. The Morgan fingerprint density at radius 2 is 1.92 bits per heavy atom. The first kappa shape index (κ1) is 29.8. The molecule has 38 heavy (non-hydrogen) atoms. The molecule has 2 fully saturated rings. The minimum absolute atomic E-state index is 0.0910. The summed E-state index contributed by atoms with van der Waals surface area (Å²) < 4.78 is 19.1. The highest BCUT2D eigenvalue weighted by atomic mass is 19.1. The minimum atomic E-state index is -0.924. The number of amides is 2. The fraction of sp³-hybridized carbons (Fsp3) is 0.586. The summed E-state index contributed by atoms with van der Waals surface area (Å²) in [5.41, 5.74) is 0.303. The van der Waals surface area contributed by atoms with Crippen molar-refractivity contribution in [3.63, 3.8) is 0 Å². The standard InChI is InChI=1S/C29H42FN3O5/c1-4-15-29(16-5-2)32(21-24-8-7-19-38-24)27(36)25(33(29)28(37)26(35)14-18-34)9-6-17-31(3)20-22-10-12-23(30)13-11-22/h9-14,24,34-35H,4-8,15-21H2,1-3H3/b25-9+,26-14-. The van der Waals surface area contributed by atoms with Crippen LogP contribution in [0.4, 0.5) is 4.39 Å². The van der Waals surface area contributed by atoms with Gasteiger partial charge >= 0.3 is 0 Å². The van der Waals surface area contributed by atoms with E-state index in [1.165, 1.54) is 17.0 Å². The van der Waals surface area contributed by atoms with Crippen LogP contribution >= 0.6 is 0 Å². The van der Waals surface area contributed by atoms with Gasteiger partial charge in [-0.05, 0) is 62.9 Å². The van der Waals surface area contributed by atoms with Gasteiger partial charge in [-0.15, -0.1) is 0 Å². The summed E-state index contributed by atoms with van der Waals surface area (Å²) in [6.45, 7) is 5.81. The molecule has 2 aliphatic heterocycles. The first-order valence-electron chi connectivity index (χ1n) is 13.7. The first-order chi connectivity index (χ1) is 18.3. The van der Waals surface area contributed by atoms with Crippen molar-refractivity contribution < 1.29 is 28.9 Å². The van der Waals surface area contributed by atoms with Crippen LogP contribution in [0.2, 0.25) is 0 Å². The second kappa shape index (κ2) is 13.9. The van der Waals surface area contributed by atoms with Crippen molar-refractivity contribution in [1.82, 2.24) is 14.7 Å². The molecule has 0 aromatic heterocycles. The van der Waals surface area contributed by atoms with Crippen LogP contribution in [0.25, 0.3) is 0 Å². The summed E-state index contributed by atoms with van der Waals surface area (Å²) in [5.74, 6) is -1.78. The van der Waals surface area contributed by atoms with Crippen molar-refractivity contribution in [2.24, 2.45) is 0 Å². The molecule has 0 spiro atoms. The van der Waals surface area contributed by atoms with Crippen LogP contribution in [-0.2, 0) is 20.9 Å². The van der Waals surface area contributed by atoms with Crippen molar-refractivity contribution in [3.05, 3.63) is 59.3 Å². The molecular formula is C29H42FN3O5. The van der Waals surface area contributed by atoms with Crippen molar-refractivity contribution in [2.45, 2.75) is 77.1 Å². The third kappa shape index (κ3) is 6.81. The van der Waals surface area contributed by atoms with Crippen LogP contribution in [-0.4, -0.2) is 81.8 Å². The third-order valence-electron chi connectivity index (χ3n) is 7.26. The largest absolute Gasteiger partial charge is 0.503 e. The normalized spacial score (nSPS) is 20.8. The number of nitrogens with zero attached hydrogens (tertiary/aromatic N) is 3. The van der Waals surface area contributed by atoms with E-state index < -0.39 is 23.9 Å². The lowest BCUT2D eigenvalue weighted by Crippen LogP contribution is -2.57. The fourth-order valence-corrected chi connectivity index (χ4v) is 5.60. The smallest absolute Gasteiger partial charge is 0.294 e. The van der Waals surface area contributed by atoms with Gasteiger partial charge in [0.25, 0.3) is 11.8 Å². The van der Waals surface area contributed by atoms with E-state index in [2.05, 4.69) is 4.90 Å². The Labute approximate surface area is 225 Å². The fourth-order valence-electron chi connectivity index (χ4n) is 5.60. The molecule has 0 saturated carbocycles. The van der Waals surface area contributed by atoms with Gasteiger partial charge in [-0.3, -0.25) is 14.5 Å². The molecule has 2 heterocycles. The zero-order valence-electron chi connectivity index (χ0n) is 22.9. The second-order valence-corrected chi connectivity index (χ2v) is 10.2. The summed E-state index contributed by atoms with van der Waals surface area (Å²) >= 11 is 0. The highest BCUT2D eigenvalue weighted by Gasteiger charge is 2.56. The van der Waals surface area contributed by atoms with Crippen LogP contribution in [0.3, 0.4) is 0 Å². The maximum absolute atomic E-state index is 14.0. The molecule has 2 amide bonds. The number of aliphatic hydroxyl groups is 2. The number of hydrogen-bond donors (Lipinski definition) is 2. The Balaban J connectivity index is 1.92. The van der Waals surface area contributed by atoms with Gasteiger partial charge in [0.1, 0.15) is 17.2 Å². The number of benzene rings is 1. The second-order valence-electron chi connectivity index (χ2n) is 10.2. The van der Waals surface area contributed by atoms with E-state index in [-0.39, 0.29) is 23.5 Å². The Hall–Kier alpha value is -2.75. The first-order valence-corrected chi connectivity index (χ1v) is 13.7. The van der Waals surface area contributed by atoms with Crippen molar-refractivity contribution in [1.29, 1.82) is 0 Å². The van der Waals surface area contributed by atoms with Crippen LogP contribution < -0.4 is 0 Å². The van der Waals surface area contributed by atoms with E-state index in [0.717, 1.165) is 37.3 Å². The highest BCUT2D eigenvalue weighted by molar-refractivity contribution is 6.05. The van der Waals surface area contributed by atoms with Gasteiger partial charge in [0.2, 0.25) is 0 Å². The van der Waals surface area contributed by atoms with Gasteiger partial charge in [0.05, 0.1) is 12.7 Å². The molecule has 3 rings (SSSR count). The van der Waals surface area contributed by atoms with E-state index in [0.29, 0.717) is 45.5 Å². The van der Waals surface area contributed by atoms with Crippen LogP contribution in [0.5, 0.6) is 0 Å². The van der Waals surface area contributed by atoms with Crippen molar-refractivity contribution in [3.8, 4) is 0 Å². The molecule has 2 saturated heterocycles. The van der Waals surface area contributed by atoms with E-state index in [1.54, 1.807) is 23.1 Å². The van der Waals surface area contributed by atoms with Gasteiger partial charge in [-0.25, -0.2) is 4.39 Å². The molecular weight excluding hydrogens is 489 g/mol. The topological polar surface area (TPSA) is 93.6 Å². The molecule has 8 nitrogen and oxygen atoms in total. The Morgan fingerprint density at radius 1 is 1.24 bits per heavy atom. The number of carbonyl (C=O) groups excluding carboxylic acids is 2. The summed E-state index contributed by atoms with van der Waals surface area (Å²) in [5, 5.41) is 19.8. The van der Waals surface area contributed by atoms with Crippen LogP contribution in [0.15, 0.2) is 47.9 Å². The van der Waals surface area contributed by atoms with E-state index >= 15 is 0 Å². The maximum atomic E-state index is 14.0. The van der Waals surface area contributed by atoms with Crippen molar-refractivity contribution >= 4 is 11.8 Å². The molecule has 0 bridgehead atoms. The number of halogens is 1. The van der Waals surface area contributed by atoms with E-state index in [1.807, 2.05) is 20.9 Å². The molecule has 0 radical (unpaired) electrons. The summed E-state index contributed by atoms with van der Waals surface area (Å²) in [7, 11) is 1.94. The zero-order chi connectivity index (χ0) is 27.7. The SMILES string of the molecule is CCCC1(CCC)N(CC2CCCO2)C(=O)/C(=C\CCN(C)Cc2ccc(F)cc2)N1C(=O)/C(O)=C/CO. The van der Waals surface area contributed by atoms with Crippen molar-refractivity contribution in [2.75, 3.05) is 33.4 Å². The molecule has 1 aromatic rings. The summed E-state index contributed by atoms with van der Waals surface area (Å²) in [6.07, 6.45) is 7.62. The number of carbonyl (C=O) groups is 2. The monoisotopic (exact) mass is 531 g/mol. The molecule has 1 unspecified atom stereocenters. The number of ether oxygens (including phenoxy) is 1. The number of rotatable bonds is 13. The van der Waals surface area contributed by atoms with Gasteiger partial charge in [-0.2, -0.15) is 0 Å². The lowest BCUT2D eigenvalue weighted by atomic mass is 9.94. The zero-order valence-corrected chi connectivity index (χ0v) is 22.9. The predicted molar refractivity (Wildman–Crippen MR) is 143 cm³/mol. The lowest BCUT2D eigenvalue weighted by Gasteiger charge is -2.44. The lowest BCUT2D eigenvalue weighted by molar-refractivity contribution is -0.142. The number of aliphatic hydroxyl groups excluding tert-OH is 2. The van der Waals surface area contributed by atoms with Crippen LogP contribution in [0.1, 0.15) is 64.4 Å². The Morgan fingerprint density at radius 3 is 2.50 bits per heavy atom. The molecule has 210 valence electrons. The van der Waals surface area contributed by atoms with Crippen LogP contribution in [0, 0.1) is 5.82 Å². The molecule has 2 aliphatic rings.